The highest BCUT2D eigenvalue weighted by Crippen LogP contribution is 2.44. The second-order valence-corrected chi connectivity index (χ2v) is 20.9. The maximum Gasteiger partial charge on any atom is 0.330 e. The fourth-order valence-corrected chi connectivity index (χ4v) is 10.9. The Balaban J connectivity index is 0.846. The molecule has 3 amide bonds. The summed E-state index contributed by atoms with van der Waals surface area (Å²) in [7, 11) is 0. The first-order valence-corrected chi connectivity index (χ1v) is 28.6. The zero-order valence-corrected chi connectivity index (χ0v) is 45.6. The number of morpholine rings is 1. The minimum absolute atomic E-state index is 0.0682. The third-order valence-corrected chi connectivity index (χ3v) is 15.3. The molecule has 14 heteroatoms. The van der Waals surface area contributed by atoms with E-state index < -0.39 is 35.1 Å². The summed E-state index contributed by atoms with van der Waals surface area (Å²) in [6.07, 6.45) is 20.5. The molecule has 0 aliphatic carbocycles. The molecule has 0 spiro atoms. The molecule has 2 fully saturated rings. The number of nitrogens with zero attached hydrogens (tertiary/aromatic N) is 4. The fraction of sp³-hybridized carbons (Fsp3) is 0.492. The van der Waals surface area contributed by atoms with Crippen molar-refractivity contribution in [2.45, 2.75) is 147 Å². The van der Waals surface area contributed by atoms with Crippen LogP contribution in [0.15, 0.2) is 131 Å². The lowest BCUT2D eigenvalue weighted by atomic mass is 9.75. The van der Waals surface area contributed by atoms with Gasteiger partial charge in [-0.1, -0.05) is 194 Å². The first-order valence-electron chi connectivity index (χ1n) is 28.6. The fourth-order valence-electron chi connectivity index (χ4n) is 10.9. The standard InChI is InChI=1S/C63H82N6O8/c1-3-4-5-6-7-8-9-10-11-12-13-14-15-16-17-27-40-64-60(73)50-34-36-51(37-35-50)61(74)67-43-41-66(42-44-67)56(70)38-39-58(71)76-48-55-46-68(47-57(77-55)69-45-49(2)59(72)65-62(69)75)63(52-28-21-18-22-29-52,53-30-23-19-24-31-53)54-32-25-20-26-33-54/h18-26,28-37,45,55,57H,3-17,27,38-44,46-48H2,1-2H3,(H,64,73)(H,65,72,75)/t55-,57+/m0/s1. The van der Waals surface area contributed by atoms with Crippen LogP contribution in [0, 0.1) is 6.92 Å². The highest BCUT2D eigenvalue weighted by atomic mass is 16.6. The number of amides is 3. The summed E-state index contributed by atoms with van der Waals surface area (Å²) in [4.78, 5) is 87.1. The maximum absolute atomic E-state index is 13.5. The molecule has 0 unspecified atom stereocenters. The normalized spacial score (nSPS) is 16.0. The molecule has 0 bridgehead atoms. The molecule has 0 radical (unpaired) electrons. The van der Waals surface area contributed by atoms with Crippen molar-refractivity contribution in [2.75, 3.05) is 52.4 Å². The number of rotatable bonds is 29. The number of hydrogen-bond donors (Lipinski definition) is 2. The first kappa shape index (κ1) is 58.1. The molecule has 412 valence electrons. The number of ether oxygens (including phenoxy) is 2. The van der Waals surface area contributed by atoms with E-state index in [9.17, 15) is 28.8 Å². The van der Waals surface area contributed by atoms with Gasteiger partial charge in [0.05, 0.1) is 12.0 Å². The molecule has 5 aromatic rings. The second-order valence-electron chi connectivity index (χ2n) is 20.9. The lowest BCUT2D eigenvalue weighted by molar-refractivity contribution is -0.170. The quantitative estimate of drug-likeness (QED) is 0.0270. The SMILES string of the molecule is CCCCCCCCCCCCCCCCCCNC(=O)c1ccc(C(=O)N2CCN(C(=O)CCC(=O)OC[C@@H]3CN(C(c4ccccc4)(c4ccccc4)c4ccccc4)C[C@H](n4cc(C)c(=O)[nH]c4=O)O3)CC2)cc1. The molecule has 2 aliphatic rings. The Morgan fingerprint density at radius 3 is 1.61 bits per heavy atom. The van der Waals surface area contributed by atoms with Crippen molar-refractivity contribution in [1.82, 2.24) is 29.6 Å². The average molecular weight is 1050 g/mol. The number of carbonyl (C=O) groups excluding carboxylic acids is 4. The van der Waals surface area contributed by atoms with Crippen LogP contribution in [0.5, 0.6) is 0 Å². The molecule has 2 saturated heterocycles. The van der Waals surface area contributed by atoms with Gasteiger partial charge in [0.2, 0.25) is 5.91 Å². The van der Waals surface area contributed by atoms with E-state index in [1.807, 2.05) is 54.6 Å². The number of benzene rings is 4. The Kier molecular flexibility index (Phi) is 22.9. The third-order valence-electron chi connectivity index (χ3n) is 15.3. The molecule has 2 atom stereocenters. The Morgan fingerprint density at radius 1 is 0.610 bits per heavy atom. The molecular weight excluding hydrogens is 969 g/mol. The average Bonchev–Trinajstić information content (AvgIpc) is 3.49. The third kappa shape index (κ3) is 16.4. The summed E-state index contributed by atoms with van der Waals surface area (Å²) in [5.74, 6) is -1.10. The summed E-state index contributed by atoms with van der Waals surface area (Å²) >= 11 is 0. The largest absolute Gasteiger partial charge is 0.463 e. The molecule has 1 aromatic heterocycles. The molecule has 4 aromatic carbocycles. The van der Waals surface area contributed by atoms with Crippen LogP contribution in [0.3, 0.4) is 0 Å². The first-order chi connectivity index (χ1) is 37.6. The van der Waals surface area contributed by atoms with Gasteiger partial charge in [-0.15, -0.1) is 0 Å². The van der Waals surface area contributed by atoms with Gasteiger partial charge in [0.25, 0.3) is 17.4 Å². The molecule has 14 nitrogen and oxygen atoms in total. The summed E-state index contributed by atoms with van der Waals surface area (Å²) in [5.41, 5.74) is 2.28. The van der Waals surface area contributed by atoms with E-state index in [0.29, 0.717) is 56.0 Å². The van der Waals surface area contributed by atoms with Gasteiger partial charge in [-0.2, -0.15) is 0 Å². The van der Waals surface area contributed by atoms with Gasteiger partial charge >= 0.3 is 11.7 Å². The van der Waals surface area contributed by atoms with Crippen LogP contribution < -0.4 is 16.6 Å². The van der Waals surface area contributed by atoms with Gasteiger partial charge in [-0.05, 0) is 54.3 Å². The van der Waals surface area contributed by atoms with Gasteiger partial charge < -0.3 is 24.6 Å². The van der Waals surface area contributed by atoms with Crippen molar-refractivity contribution in [3.63, 3.8) is 0 Å². The van der Waals surface area contributed by atoms with Gasteiger partial charge in [0, 0.05) is 75.1 Å². The van der Waals surface area contributed by atoms with E-state index in [2.05, 4.69) is 58.5 Å². The lowest BCUT2D eigenvalue weighted by Gasteiger charge is -2.50. The molecular formula is C63H82N6O8. The zero-order chi connectivity index (χ0) is 54.2. The predicted molar refractivity (Wildman–Crippen MR) is 302 cm³/mol. The molecule has 2 N–H and O–H groups in total. The highest BCUT2D eigenvalue weighted by molar-refractivity contribution is 5.98. The smallest absolute Gasteiger partial charge is 0.330 e. The van der Waals surface area contributed by atoms with E-state index in [-0.39, 0.29) is 43.7 Å². The van der Waals surface area contributed by atoms with Gasteiger partial charge in [0.15, 0.2) is 6.23 Å². The van der Waals surface area contributed by atoms with Gasteiger partial charge in [-0.25, -0.2) is 4.79 Å². The second kappa shape index (κ2) is 30.3. The summed E-state index contributed by atoms with van der Waals surface area (Å²) < 4.78 is 13.8. The van der Waals surface area contributed by atoms with Gasteiger partial charge in [-0.3, -0.25) is 38.4 Å². The minimum atomic E-state index is -0.886. The van der Waals surface area contributed by atoms with Crippen LogP contribution in [-0.4, -0.2) is 106 Å². The zero-order valence-electron chi connectivity index (χ0n) is 45.6. The van der Waals surface area contributed by atoms with E-state index in [1.165, 1.54) is 101 Å². The molecule has 2 aliphatic heterocycles. The van der Waals surface area contributed by atoms with E-state index in [4.69, 9.17) is 9.47 Å². The molecule has 77 heavy (non-hydrogen) atoms. The van der Waals surface area contributed by atoms with Crippen molar-refractivity contribution in [3.8, 4) is 0 Å². The van der Waals surface area contributed by atoms with Crippen LogP contribution in [0.2, 0.25) is 0 Å². The maximum atomic E-state index is 13.5. The minimum Gasteiger partial charge on any atom is -0.463 e. The van der Waals surface area contributed by atoms with Crippen molar-refractivity contribution in [3.05, 3.63) is 176 Å². The number of aryl methyl sites for hydroxylation is 1. The number of unbranched alkanes of at least 4 members (excludes halogenated alkanes) is 15. The summed E-state index contributed by atoms with van der Waals surface area (Å²) in [5, 5.41) is 3.02. The van der Waals surface area contributed by atoms with Crippen molar-refractivity contribution < 1.29 is 28.7 Å². The highest BCUT2D eigenvalue weighted by Gasteiger charge is 2.47. The number of hydrogen-bond acceptors (Lipinski definition) is 9. The Morgan fingerprint density at radius 2 is 1.09 bits per heavy atom. The number of aromatic nitrogens is 2. The van der Waals surface area contributed by atoms with Crippen LogP contribution >= 0.6 is 0 Å². The topological polar surface area (TPSA) is 163 Å². The number of aromatic amines is 1. The number of nitrogens with one attached hydrogen (secondary N) is 2. The molecule has 7 rings (SSSR count). The van der Waals surface area contributed by atoms with Crippen LogP contribution in [0.1, 0.15) is 172 Å². The summed E-state index contributed by atoms with van der Waals surface area (Å²) in [6, 6.07) is 37.1. The Labute approximate surface area is 455 Å². The number of piperazine rings is 1. The van der Waals surface area contributed by atoms with Crippen LogP contribution in [0.4, 0.5) is 0 Å². The monoisotopic (exact) mass is 1050 g/mol. The van der Waals surface area contributed by atoms with E-state index in [0.717, 1.165) is 29.5 Å². The Hall–Kier alpha value is -6.64. The molecule has 0 saturated carbocycles. The number of carbonyl (C=O) groups is 4. The number of esters is 1. The van der Waals surface area contributed by atoms with Crippen molar-refractivity contribution in [1.29, 1.82) is 0 Å². The molecule has 3 heterocycles. The Bertz CT molecular complexity index is 2630. The van der Waals surface area contributed by atoms with Crippen LogP contribution in [-0.2, 0) is 24.6 Å². The van der Waals surface area contributed by atoms with Crippen molar-refractivity contribution in [2.24, 2.45) is 0 Å². The van der Waals surface area contributed by atoms with E-state index >= 15 is 0 Å². The lowest BCUT2D eigenvalue weighted by Crippen LogP contribution is -2.58. The number of H-pyrrole nitrogens is 1. The van der Waals surface area contributed by atoms with E-state index in [1.54, 1.807) is 41.0 Å². The van der Waals surface area contributed by atoms with Crippen molar-refractivity contribution >= 4 is 23.7 Å². The van der Waals surface area contributed by atoms with Crippen LogP contribution in [0.25, 0.3) is 0 Å². The summed E-state index contributed by atoms with van der Waals surface area (Å²) in [6.45, 7) is 6.20. The van der Waals surface area contributed by atoms with Gasteiger partial charge in [0.1, 0.15) is 12.7 Å². The predicted octanol–water partition coefficient (Wildman–Crippen LogP) is 10.3.